The van der Waals surface area contributed by atoms with Crippen molar-refractivity contribution in [2.24, 2.45) is 5.92 Å². The Morgan fingerprint density at radius 2 is 2.11 bits per heavy atom. The Morgan fingerprint density at radius 1 is 1.28 bits per heavy atom. The number of nitrogens with one attached hydrogen (secondary N) is 1. The molecule has 0 amide bonds. The van der Waals surface area contributed by atoms with E-state index in [2.05, 4.69) is 22.3 Å². The van der Waals surface area contributed by atoms with Crippen molar-refractivity contribution in [1.82, 2.24) is 14.6 Å². The summed E-state index contributed by atoms with van der Waals surface area (Å²) in [4.78, 5) is 4.44. The molecule has 2 aromatic heterocycles. The molecule has 1 aliphatic carbocycles. The van der Waals surface area contributed by atoms with Crippen molar-refractivity contribution in [2.75, 3.05) is 5.32 Å². The van der Waals surface area contributed by atoms with Crippen LogP contribution in [0, 0.1) is 5.92 Å². The molecule has 1 fully saturated rings. The zero-order valence-corrected chi connectivity index (χ0v) is 10.8. The molecular weight excluding hydrogens is 224 g/mol. The molecule has 0 saturated heterocycles. The lowest BCUT2D eigenvalue weighted by Crippen LogP contribution is -2.26. The van der Waals surface area contributed by atoms with E-state index in [0.29, 0.717) is 6.04 Å². The van der Waals surface area contributed by atoms with E-state index in [-0.39, 0.29) is 0 Å². The molecule has 0 unspecified atom stereocenters. The fraction of sp³-hybridized carbons (Fsp3) is 0.571. The van der Waals surface area contributed by atoms with Crippen LogP contribution in [0.1, 0.15) is 39.0 Å². The number of fused-ring (bicyclic) bond motifs is 1. The van der Waals surface area contributed by atoms with E-state index < -0.39 is 0 Å². The minimum Gasteiger partial charge on any atom is -0.366 e. The Balaban J connectivity index is 1.71. The standard InChI is InChI=1S/C14H20N4/c1-2-11-3-5-12(6-4-11)17-14-13-7-8-16-18(13)10-9-15-14/h7-12H,2-6H2,1H3,(H,15,17). The van der Waals surface area contributed by atoms with Gasteiger partial charge in [0.25, 0.3) is 0 Å². The first-order chi connectivity index (χ1) is 8.86. The Morgan fingerprint density at radius 3 is 2.89 bits per heavy atom. The van der Waals surface area contributed by atoms with Crippen molar-refractivity contribution in [1.29, 1.82) is 0 Å². The summed E-state index contributed by atoms with van der Waals surface area (Å²) in [5.41, 5.74) is 1.06. The largest absolute Gasteiger partial charge is 0.366 e. The summed E-state index contributed by atoms with van der Waals surface area (Å²) in [5.74, 6) is 1.90. The van der Waals surface area contributed by atoms with Gasteiger partial charge >= 0.3 is 0 Å². The molecule has 0 bridgehead atoms. The third-order valence-electron chi connectivity index (χ3n) is 4.09. The van der Waals surface area contributed by atoms with Gasteiger partial charge in [-0.2, -0.15) is 5.10 Å². The molecule has 4 nitrogen and oxygen atoms in total. The van der Waals surface area contributed by atoms with Crippen molar-refractivity contribution in [3.8, 4) is 0 Å². The SMILES string of the molecule is CCC1CCC(Nc2nccn3nccc23)CC1. The lowest BCUT2D eigenvalue weighted by Gasteiger charge is -2.28. The highest BCUT2D eigenvalue weighted by atomic mass is 15.2. The van der Waals surface area contributed by atoms with Crippen LogP contribution in [0.25, 0.3) is 5.52 Å². The van der Waals surface area contributed by atoms with Gasteiger partial charge in [-0.15, -0.1) is 0 Å². The molecule has 96 valence electrons. The number of hydrogen-bond acceptors (Lipinski definition) is 3. The fourth-order valence-electron chi connectivity index (χ4n) is 2.88. The molecule has 0 aliphatic heterocycles. The van der Waals surface area contributed by atoms with Gasteiger partial charge in [0.05, 0.1) is 6.20 Å². The quantitative estimate of drug-likeness (QED) is 0.902. The predicted octanol–water partition coefficient (Wildman–Crippen LogP) is 3.11. The van der Waals surface area contributed by atoms with Gasteiger partial charge in [-0.1, -0.05) is 13.3 Å². The summed E-state index contributed by atoms with van der Waals surface area (Å²) >= 11 is 0. The zero-order valence-electron chi connectivity index (χ0n) is 10.8. The molecule has 2 heterocycles. The van der Waals surface area contributed by atoms with Crippen LogP contribution in [0.4, 0.5) is 5.82 Å². The predicted molar refractivity (Wildman–Crippen MR) is 72.6 cm³/mol. The maximum absolute atomic E-state index is 4.44. The Bertz CT molecular complexity index is 511. The van der Waals surface area contributed by atoms with Gasteiger partial charge in [0.15, 0.2) is 5.82 Å². The van der Waals surface area contributed by atoms with Gasteiger partial charge in [-0.3, -0.25) is 0 Å². The van der Waals surface area contributed by atoms with Crippen LogP contribution in [0.2, 0.25) is 0 Å². The third-order valence-corrected chi connectivity index (χ3v) is 4.09. The van der Waals surface area contributed by atoms with Crippen molar-refractivity contribution in [3.05, 3.63) is 24.7 Å². The normalized spacial score (nSPS) is 24.3. The first kappa shape index (κ1) is 11.5. The number of nitrogens with zero attached hydrogens (tertiary/aromatic N) is 3. The summed E-state index contributed by atoms with van der Waals surface area (Å²) in [5, 5.41) is 7.82. The topological polar surface area (TPSA) is 42.2 Å². The lowest BCUT2D eigenvalue weighted by atomic mass is 9.84. The minimum atomic E-state index is 0.571. The second-order valence-corrected chi connectivity index (χ2v) is 5.21. The molecule has 0 aromatic carbocycles. The van der Waals surface area contributed by atoms with Crippen LogP contribution in [0.5, 0.6) is 0 Å². The highest BCUT2D eigenvalue weighted by Crippen LogP contribution is 2.28. The van der Waals surface area contributed by atoms with Gasteiger partial charge in [-0.25, -0.2) is 9.50 Å². The summed E-state index contributed by atoms with van der Waals surface area (Å²) < 4.78 is 1.87. The average molecular weight is 244 g/mol. The molecule has 1 saturated carbocycles. The molecule has 0 spiro atoms. The summed E-state index contributed by atoms with van der Waals surface area (Å²) in [7, 11) is 0. The van der Waals surface area contributed by atoms with Gasteiger partial charge < -0.3 is 5.32 Å². The van der Waals surface area contributed by atoms with E-state index >= 15 is 0 Å². The Hall–Kier alpha value is -1.58. The third kappa shape index (κ3) is 2.19. The average Bonchev–Trinajstić information content (AvgIpc) is 2.89. The van der Waals surface area contributed by atoms with Crippen molar-refractivity contribution < 1.29 is 0 Å². The van der Waals surface area contributed by atoms with Crippen LogP contribution in [-0.2, 0) is 0 Å². The molecule has 4 heteroatoms. The van der Waals surface area contributed by atoms with Crippen molar-refractivity contribution >= 4 is 11.3 Å². The Labute approximate surface area is 107 Å². The first-order valence-electron chi connectivity index (χ1n) is 6.91. The monoisotopic (exact) mass is 244 g/mol. The summed E-state index contributed by atoms with van der Waals surface area (Å²) in [6.45, 7) is 2.30. The van der Waals surface area contributed by atoms with Gasteiger partial charge in [0.2, 0.25) is 0 Å². The van der Waals surface area contributed by atoms with E-state index in [1.807, 2.05) is 23.0 Å². The zero-order chi connectivity index (χ0) is 12.4. The van der Waals surface area contributed by atoms with Crippen LogP contribution >= 0.6 is 0 Å². The second kappa shape index (κ2) is 4.96. The highest BCUT2D eigenvalue weighted by molar-refractivity contribution is 5.67. The number of anilines is 1. The molecule has 0 radical (unpaired) electrons. The summed E-state index contributed by atoms with van der Waals surface area (Å²) in [6.07, 6.45) is 12.0. The van der Waals surface area contributed by atoms with Gasteiger partial charge in [-0.05, 0) is 37.7 Å². The minimum absolute atomic E-state index is 0.571. The van der Waals surface area contributed by atoms with E-state index in [1.54, 1.807) is 6.20 Å². The number of aromatic nitrogens is 3. The maximum atomic E-state index is 4.44. The molecule has 0 atom stereocenters. The van der Waals surface area contributed by atoms with Crippen molar-refractivity contribution in [3.63, 3.8) is 0 Å². The molecular formula is C14H20N4. The second-order valence-electron chi connectivity index (χ2n) is 5.21. The van der Waals surface area contributed by atoms with Gasteiger partial charge in [0, 0.05) is 18.4 Å². The molecule has 18 heavy (non-hydrogen) atoms. The van der Waals surface area contributed by atoms with Crippen LogP contribution in [0.15, 0.2) is 24.7 Å². The Kier molecular flexibility index (Phi) is 3.17. The van der Waals surface area contributed by atoms with E-state index in [4.69, 9.17) is 0 Å². The van der Waals surface area contributed by atoms with E-state index in [0.717, 1.165) is 17.3 Å². The first-order valence-corrected chi connectivity index (χ1v) is 6.91. The fourth-order valence-corrected chi connectivity index (χ4v) is 2.88. The smallest absolute Gasteiger partial charge is 0.152 e. The van der Waals surface area contributed by atoms with Crippen LogP contribution in [0.3, 0.4) is 0 Å². The molecule has 1 aliphatic rings. The molecule has 1 N–H and O–H groups in total. The van der Waals surface area contributed by atoms with Crippen LogP contribution in [-0.4, -0.2) is 20.6 Å². The number of hydrogen-bond donors (Lipinski definition) is 1. The van der Waals surface area contributed by atoms with Gasteiger partial charge in [0.1, 0.15) is 5.52 Å². The molecule has 3 rings (SSSR count). The van der Waals surface area contributed by atoms with Crippen LogP contribution < -0.4 is 5.32 Å². The maximum Gasteiger partial charge on any atom is 0.152 e. The summed E-state index contributed by atoms with van der Waals surface area (Å²) in [6, 6.07) is 2.58. The lowest BCUT2D eigenvalue weighted by molar-refractivity contribution is 0.330. The number of rotatable bonds is 3. The van der Waals surface area contributed by atoms with Crippen molar-refractivity contribution in [2.45, 2.75) is 45.1 Å². The van der Waals surface area contributed by atoms with E-state index in [9.17, 15) is 0 Å². The molecule has 2 aromatic rings. The van der Waals surface area contributed by atoms with E-state index in [1.165, 1.54) is 32.1 Å². The highest BCUT2D eigenvalue weighted by Gasteiger charge is 2.20.